The van der Waals surface area contributed by atoms with E-state index in [-0.39, 0.29) is 23.9 Å². The Morgan fingerprint density at radius 2 is 1.74 bits per heavy atom. The van der Waals surface area contributed by atoms with E-state index < -0.39 is 11.1 Å². The normalized spacial score (nSPS) is 14.7. The van der Waals surface area contributed by atoms with Gasteiger partial charge in [-0.15, -0.1) is 0 Å². The van der Waals surface area contributed by atoms with E-state index in [0.29, 0.717) is 38.2 Å². The second-order valence-electron chi connectivity index (χ2n) is 7.26. The zero-order valence-electron chi connectivity index (χ0n) is 17.9. The Morgan fingerprint density at radius 1 is 1.00 bits per heavy atom. The summed E-state index contributed by atoms with van der Waals surface area (Å²) < 4.78 is 25.0. The molecule has 0 aliphatic carbocycles. The number of carbonyl (C=O) groups is 2. The van der Waals surface area contributed by atoms with Crippen LogP contribution in [0.1, 0.15) is 16.7 Å². The maximum absolute atomic E-state index is 13.9. The molecule has 0 aromatic heterocycles. The fourth-order valence-electron chi connectivity index (χ4n) is 3.30. The van der Waals surface area contributed by atoms with E-state index in [1.54, 1.807) is 60.7 Å². The molecule has 34 heavy (non-hydrogen) atoms. The van der Waals surface area contributed by atoms with Crippen molar-refractivity contribution >= 4 is 52.2 Å². The molecule has 1 saturated heterocycles. The molecule has 2 amide bonds. The summed E-state index contributed by atoms with van der Waals surface area (Å²) in [6.07, 6.45) is 1.59. The fourth-order valence-corrected chi connectivity index (χ4v) is 4.65. The first-order chi connectivity index (χ1) is 16.4. The van der Waals surface area contributed by atoms with Crippen molar-refractivity contribution in [3.8, 4) is 11.5 Å². The smallest absolute Gasteiger partial charge is 0.293 e. The monoisotopic (exact) mass is 517 g/mol. The molecule has 1 fully saturated rings. The van der Waals surface area contributed by atoms with Crippen LogP contribution in [0.5, 0.6) is 11.5 Å². The van der Waals surface area contributed by atoms with Gasteiger partial charge in [0.1, 0.15) is 12.4 Å². The van der Waals surface area contributed by atoms with Crippen LogP contribution in [-0.4, -0.2) is 23.2 Å². The van der Waals surface area contributed by atoms with E-state index in [1.807, 2.05) is 0 Å². The molecule has 174 valence electrons. The molecule has 0 radical (unpaired) electrons. The molecule has 3 aromatic carbocycles. The number of hydrogen-bond acceptors (Lipinski definition) is 5. The van der Waals surface area contributed by atoms with Crippen LogP contribution in [0.25, 0.3) is 6.08 Å². The minimum Gasteiger partial charge on any atom is -0.493 e. The number of nitrogens with zero attached hydrogens (tertiary/aromatic N) is 1. The van der Waals surface area contributed by atoms with E-state index in [9.17, 15) is 14.0 Å². The highest BCUT2D eigenvalue weighted by molar-refractivity contribution is 8.18. The molecule has 0 bridgehead atoms. The Morgan fingerprint density at radius 3 is 2.44 bits per heavy atom. The van der Waals surface area contributed by atoms with Gasteiger partial charge in [0.05, 0.1) is 18.6 Å². The molecule has 1 heterocycles. The average Bonchev–Trinajstić information content (AvgIpc) is 3.08. The summed E-state index contributed by atoms with van der Waals surface area (Å²) in [5, 5.41) is 0.335. The summed E-state index contributed by atoms with van der Waals surface area (Å²) in [6.45, 7) is -0.0261. The van der Waals surface area contributed by atoms with Crippen molar-refractivity contribution in [2.45, 2.75) is 13.2 Å². The predicted molar refractivity (Wildman–Crippen MR) is 132 cm³/mol. The van der Waals surface area contributed by atoms with E-state index in [2.05, 4.69) is 0 Å². The van der Waals surface area contributed by atoms with Gasteiger partial charge < -0.3 is 9.47 Å². The largest absolute Gasteiger partial charge is 0.493 e. The second kappa shape index (κ2) is 10.5. The molecule has 0 saturated carbocycles. The summed E-state index contributed by atoms with van der Waals surface area (Å²) in [4.78, 5) is 26.8. The molecule has 0 unspecified atom stereocenters. The first-order valence-electron chi connectivity index (χ1n) is 10.1. The maximum Gasteiger partial charge on any atom is 0.293 e. The van der Waals surface area contributed by atoms with Gasteiger partial charge in [-0.2, -0.15) is 0 Å². The summed E-state index contributed by atoms with van der Waals surface area (Å²) in [7, 11) is 1.50. The van der Waals surface area contributed by atoms with Crippen LogP contribution < -0.4 is 9.47 Å². The average molecular weight is 518 g/mol. The molecular formula is C25H18Cl2FNO4S. The maximum atomic E-state index is 13.9. The van der Waals surface area contributed by atoms with E-state index in [1.165, 1.54) is 13.2 Å². The number of carbonyl (C=O) groups excluding carboxylic acids is 2. The van der Waals surface area contributed by atoms with Gasteiger partial charge in [-0.05, 0) is 53.7 Å². The number of imide groups is 1. The summed E-state index contributed by atoms with van der Waals surface area (Å²) in [5.41, 5.74) is 1.52. The van der Waals surface area contributed by atoms with Crippen molar-refractivity contribution in [2.24, 2.45) is 0 Å². The number of amides is 2. The van der Waals surface area contributed by atoms with Crippen molar-refractivity contribution in [3.05, 3.63) is 98.1 Å². The lowest BCUT2D eigenvalue weighted by atomic mass is 10.1. The lowest BCUT2D eigenvalue weighted by Gasteiger charge is -2.14. The number of methoxy groups -OCH3 is 1. The third-order valence-corrected chi connectivity index (χ3v) is 6.69. The SMILES string of the molecule is COc1ccc(/C=C2\SC(=O)N(Cc3c(Cl)cccc3Cl)C2=O)cc1OCc1ccccc1F. The molecule has 0 N–H and O–H groups in total. The van der Waals surface area contributed by atoms with Gasteiger partial charge >= 0.3 is 0 Å². The molecule has 3 aromatic rings. The number of benzene rings is 3. The van der Waals surface area contributed by atoms with Crippen molar-refractivity contribution in [3.63, 3.8) is 0 Å². The minimum atomic E-state index is -0.448. The Hall–Kier alpha value is -3.00. The standard InChI is InChI=1S/C25H18Cl2FNO4S/c1-32-21-10-9-15(11-22(21)33-14-16-5-2-3-8-20(16)28)12-23-24(30)29(25(31)34-23)13-17-18(26)6-4-7-19(17)27/h2-12H,13-14H2,1H3/b23-12-. The van der Waals surface area contributed by atoms with Crippen LogP contribution in [0.4, 0.5) is 9.18 Å². The lowest BCUT2D eigenvalue weighted by Crippen LogP contribution is -2.27. The van der Waals surface area contributed by atoms with Crippen LogP contribution in [0.3, 0.4) is 0 Å². The Balaban J connectivity index is 1.55. The van der Waals surface area contributed by atoms with Gasteiger partial charge in [-0.1, -0.05) is 53.5 Å². The number of hydrogen-bond donors (Lipinski definition) is 0. The molecule has 5 nitrogen and oxygen atoms in total. The third kappa shape index (κ3) is 5.22. The quantitative estimate of drug-likeness (QED) is 0.317. The highest BCUT2D eigenvalue weighted by Gasteiger charge is 2.35. The lowest BCUT2D eigenvalue weighted by molar-refractivity contribution is -0.123. The molecule has 0 atom stereocenters. The molecule has 1 aliphatic heterocycles. The Kier molecular flexibility index (Phi) is 7.46. The van der Waals surface area contributed by atoms with Crippen molar-refractivity contribution < 1.29 is 23.5 Å². The van der Waals surface area contributed by atoms with Gasteiger partial charge in [0.2, 0.25) is 0 Å². The number of thioether (sulfide) groups is 1. The molecule has 4 rings (SSSR count). The van der Waals surface area contributed by atoms with Crippen molar-refractivity contribution in [1.29, 1.82) is 0 Å². The fraction of sp³-hybridized carbons (Fsp3) is 0.120. The van der Waals surface area contributed by atoms with Crippen LogP contribution in [0.15, 0.2) is 65.6 Å². The van der Waals surface area contributed by atoms with Gasteiger partial charge in [-0.3, -0.25) is 14.5 Å². The highest BCUT2D eigenvalue weighted by Crippen LogP contribution is 2.37. The topological polar surface area (TPSA) is 55.8 Å². The first kappa shape index (κ1) is 24.1. The number of ether oxygens (including phenoxy) is 2. The summed E-state index contributed by atoms with van der Waals surface area (Å²) in [6, 6.07) is 16.4. The second-order valence-corrected chi connectivity index (χ2v) is 9.07. The zero-order chi connectivity index (χ0) is 24.2. The summed E-state index contributed by atoms with van der Waals surface area (Å²) in [5.74, 6) is 0.0112. The third-order valence-electron chi connectivity index (χ3n) is 5.08. The molecular weight excluding hydrogens is 500 g/mol. The van der Waals surface area contributed by atoms with Crippen LogP contribution in [-0.2, 0) is 17.9 Å². The van der Waals surface area contributed by atoms with Crippen LogP contribution in [0.2, 0.25) is 10.0 Å². The Bertz CT molecular complexity index is 1280. The van der Waals surface area contributed by atoms with Crippen LogP contribution >= 0.6 is 35.0 Å². The van der Waals surface area contributed by atoms with E-state index in [4.69, 9.17) is 32.7 Å². The number of rotatable bonds is 7. The van der Waals surface area contributed by atoms with Gasteiger partial charge in [0.25, 0.3) is 11.1 Å². The molecule has 9 heteroatoms. The number of halogens is 3. The van der Waals surface area contributed by atoms with Crippen LogP contribution in [0, 0.1) is 5.82 Å². The predicted octanol–water partition coefficient (Wildman–Crippen LogP) is 6.96. The van der Waals surface area contributed by atoms with Crippen molar-refractivity contribution in [2.75, 3.05) is 7.11 Å². The first-order valence-corrected chi connectivity index (χ1v) is 11.7. The molecule has 1 aliphatic rings. The van der Waals surface area contributed by atoms with Gasteiger partial charge in [0, 0.05) is 21.2 Å². The Labute approximate surface area is 210 Å². The highest BCUT2D eigenvalue weighted by atomic mass is 35.5. The van der Waals surface area contributed by atoms with Crippen molar-refractivity contribution in [1.82, 2.24) is 4.90 Å². The van der Waals surface area contributed by atoms with Gasteiger partial charge in [0.15, 0.2) is 11.5 Å². The van der Waals surface area contributed by atoms with E-state index >= 15 is 0 Å². The minimum absolute atomic E-state index is 0.00158. The zero-order valence-corrected chi connectivity index (χ0v) is 20.2. The summed E-state index contributed by atoms with van der Waals surface area (Å²) >= 11 is 13.2. The molecule has 0 spiro atoms. The van der Waals surface area contributed by atoms with E-state index in [0.717, 1.165) is 16.7 Å². The van der Waals surface area contributed by atoms with Gasteiger partial charge in [-0.25, -0.2) is 4.39 Å².